The maximum absolute atomic E-state index is 11.7. The van der Waals surface area contributed by atoms with Crippen molar-refractivity contribution in [2.75, 3.05) is 0 Å². The number of aryl methyl sites for hydroxylation is 1. The zero-order valence-corrected chi connectivity index (χ0v) is 12.7. The molecule has 112 valence electrons. The minimum absolute atomic E-state index is 0.151. The van der Waals surface area contributed by atoms with Crippen molar-refractivity contribution in [1.82, 2.24) is 5.32 Å². The molecule has 0 aromatic carbocycles. The lowest BCUT2D eigenvalue weighted by atomic mass is 10.1. The predicted molar refractivity (Wildman–Crippen MR) is 81.0 cm³/mol. The molecule has 0 aliphatic carbocycles. The lowest BCUT2D eigenvalue weighted by molar-refractivity contribution is -0.142. The largest absolute Gasteiger partial charge is 0.480 e. The van der Waals surface area contributed by atoms with Gasteiger partial charge in [0.1, 0.15) is 6.04 Å². The van der Waals surface area contributed by atoms with Crippen molar-refractivity contribution >= 4 is 23.2 Å². The molecule has 0 aliphatic rings. The van der Waals surface area contributed by atoms with Crippen molar-refractivity contribution in [3.63, 3.8) is 0 Å². The fourth-order valence-corrected chi connectivity index (χ4v) is 2.78. The van der Waals surface area contributed by atoms with Crippen molar-refractivity contribution in [2.24, 2.45) is 0 Å². The van der Waals surface area contributed by atoms with E-state index in [0.29, 0.717) is 12.8 Å². The Labute approximate surface area is 124 Å². The predicted octanol–water partition coefficient (Wildman–Crippen LogP) is 3.22. The first-order valence-electron chi connectivity index (χ1n) is 7.18. The van der Waals surface area contributed by atoms with Crippen LogP contribution in [-0.4, -0.2) is 23.0 Å². The van der Waals surface area contributed by atoms with Gasteiger partial charge in [0.25, 0.3) is 0 Å². The van der Waals surface area contributed by atoms with Crippen LogP contribution in [0.1, 0.15) is 50.3 Å². The molecule has 1 unspecified atom stereocenters. The van der Waals surface area contributed by atoms with Crippen molar-refractivity contribution in [3.05, 3.63) is 22.4 Å². The van der Waals surface area contributed by atoms with E-state index in [1.165, 1.54) is 4.88 Å². The third kappa shape index (κ3) is 6.70. The second kappa shape index (κ2) is 9.53. The summed E-state index contributed by atoms with van der Waals surface area (Å²) in [6.45, 7) is 1.91. The van der Waals surface area contributed by atoms with Crippen LogP contribution in [0.5, 0.6) is 0 Å². The van der Waals surface area contributed by atoms with E-state index >= 15 is 0 Å². The topological polar surface area (TPSA) is 66.4 Å². The van der Waals surface area contributed by atoms with Gasteiger partial charge in [0.05, 0.1) is 0 Å². The van der Waals surface area contributed by atoms with Gasteiger partial charge in [-0.15, -0.1) is 11.3 Å². The van der Waals surface area contributed by atoms with Crippen molar-refractivity contribution in [3.8, 4) is 0 Å². The highest BCUT2D eigenvalue weighted by Crippen LogP contribution is 2.13. The molecule has 2 N–H and O–H groups in total. The summed E-state index contributed by atoms with van der Waals surface area (Å²) < 4.78 is 0. The molecule has 0 bridgehead atoms. The number of carbonyl (C=O) groups is 2. The van der Waals surface area contributed by atoms with E-state index in [-0.39, 0.29) is 5.91 Å². The molecule has 0 fully saturated rings. The third-order valence-corrected chi connectivity index (χ3v) is 4.05. The van der Waals surface area contributed by atoms with Gasteiger partial charge in [-0.25, -0.2) is 4.79 Å². The Morgan fingerprint density at radius 2 is 2.15 bits per heavy atom. The summed E-state index contributed by atoms with van der Waals surface area (Å²) in [5, 5.41) is 13.6. The molecule has 0 radical (unpaired) electrons. The maximum atomic E-state index is 11.7. The van der Waals surface area contributed by atoms with Gasteiger partial charge in [-0.3, -0.25) is 4.79 Å². The lowest BCUT2D eigenvalue weighted by Crippen LogP contribution is -2.40. The van der Waals surface area contributed by atoms with Gasteiger partial charge in [0, 0.05) is 11.3 Å². The van der Waals surface area contributed by atoms with Gasteiger partial charge in [-0.05, 0) is 37.1 Å². The molecule has 0 spiro atoms. The van der Waals surface area contributed by atoms with E-state index in [9.17, 15) is 9.59 Å². The Kier molecular flexibility index (Phi) is 7.95. The van der Waals surface area contributed by atoms with Crippen molar-refractivity contribution in [2.45, 2.75) is 57.9 Å². The maximum Gasteiger partial charge on any atom is 0.326 e. The van der Waals surface area contributed by atoms with Gasteiger partial charge >= 0.3 is 5.97 Å². The number of unbranched alkanes of at least 4 members (excludes halogenated alkanes) is 2. The van der Waals surface area contributed by atoms with Gasteiger partial charge in [-0.1, -0.05) is 25.8 Å². The highest BCUT2D eigenvalue weighted by atomic mass is 32.1. The summed E-state index contributed by atoms with van der Waals surface area (Å²) in [6.07, 6.45) is 5.60. The summed E-state index contributed by atoms with van der Waals surface area (Å²) in [4.78, 5) is 23.9. The van der Waals surface area contributed by atoms with Crippen LogP contribution in [0.3, 0.4) is 0 Å². The van der Waals surface area contributed by atoms with Crippen LogP contribution >= 0.6 is 11.3 Å². The van der Waals surface area contributed by atoms with Crippen LogP contribution < -0.4 is 5.32 Å². The zero-order chi connectivity index (χ0) is 14.8. The first kappa shape index (κ1) is 16.7. The first-order valence-corrected chi connectivity index (χ1v) is 8.06. The number of hydrogen-bond donors (Lipinski definition) is 2. The van der Waals surface area contributed by atoms with E-state index in [4.69, 9.17) is 5.11 Å². The second-order valence-corrected chi connectivity index (χ2v) is 5.92. The van der Waals surface area contributed by atoms with Crippen LogP contribution in [0, 0.1) is 0 Å². The molecular weight excluding hydrogens is 274 g/mol. The minimum Gasteiger partial charge on any atom is -0.480 e. The van der Waals surface area contributed by atoms with E-state index < -0.39 is 12.0 Å². The van der Waals surface area contributed by atoms with Gasteiger partial charge in [0.15, 0.2) is 0 Å². The molecule has 1 amide bonds. The Hall–Kier alpha value is -1.36. The molecule has 20 heavy (non-hydrogen) atoms. The fourth-order valence-electron chi connectivity index (χ4n) is 2.03. The Morgan fingerprint density at radius 3 is 2.75 bits per heavy atom. The summed E-state index contributed by atoms with van der Waals surface area (Å²) in [7, 11) is 0. The lowest BCUT2D eigenvalue weighted by Gasteiger charge is -2.13. The molecule has 1 atom stereocenters. The first-order chi connectivity index (χ1) is 9.63. The molecule has 0 aliphatic heterocycles. The quantitative estimate of drug-likeness (QED) is 0.652. The molecule has 1 aromatic rings. The number of carbonyl (C=O) groups excluding carboxylic acids is 1. The van der Waals surface area contributed by atoms with E-state index in [1.807, 2.05) is 13.0 Å². The molecule has 4 nitrogen and oxygen atoms in total. The normalized spacial score (nSPS) is 12.1. The minimum atomic E-state index is -0.946. The SMILES string of the molecule is CCCC(NC(=O)CCCCCc1cccs1)C(=O)O. The summed E-state index contributed by atoms with van der Waals surface area (Å²) in [5.41, 5.74) is 0. The summed E-state index contributed by atoms with van der Waals surface area (Å²) >= 11 is 1.76. The number of carboxylic acids is 1. The molecular formula is C15H23NO3S. The average Bonchev–Trinajstić information content (AvgIpc) is 2.91. The summed E-state index contributed by atoms with van der Waals surface area (Å²) in [6, 6.07) is 3.44. The molecule has 0 saturated heterocycles. The van der Waals surface area contributed by atoms with Crippen molar-refractivity contribution in [1.29, 1.82) is 0 Å². The second-order valence-electron chi connectivity index (χ2n) is 4.89. The number of rotatable bonds is 10. The third-order valence-electron chi connectivity index (χ3n) is 3.12. The van der Waals surface area contributed by atoms with Crippen LogP contribution in [0.25, 0.3) is 0 Å². The zero-order valence-electron chi connectivity index (χ0n) is 11.9. The Morgan fingerprint density at radius 1 is 1.35 bits per heavy atom. The van der Waals surface area contributed by atoms with Crippen molar-refractivity contribution < 1.29 is 14.7 Å². The highest BCUT2D eigenvalue weighted by molar-refractivity contribution is 7.09. The van der Waals surface area contributed by atoms with Gasteiger partial charge in [0.2, 0.25) is 5.91 Å². The molecule has 0 saturated carbocycles. The van der Waals surface area contributed by atoms with Crippen LogP contribution in [0.15, 0.2) is 17.5 Å². The summed E-state index contributed by atoms with van der Waals surface area (Å²) in [5.74, 6) is -1.10. The fraction of sp³-hybridized carbons (Fsp3) is 0.600. The molecule has 1 aromatic heterocycles. The average molecular weight is 297 g/mol. The molecule has 1 heterocycles. The number of nitrogens with one attached hydrogen (secondary N) is 1. The molecule has 1 rings (SSSR count). The smallest absolute Gasteiger partial charge is 0.326 e. The van der Waals surface area contributed by atoms with E-state index in [0.717, 1.165) is 32.1 Å². The Balaban J connectivity index is 2.11. The monoisotopic (exact) mass is 297 g/mol. The number of carboxylic acid groups (broad SMARTS) is 1. The molecule has 5 heteroatoms. The van der Waals surface area contributed by atoms with Gasteiger partial charge < -0.3 is 10.4 Å². The van der Waals surface area contributed by atoms with Crippen LogP contribution in [0.2, 0.25) is 0 Å². The Bertz CT molecular complexity index is 403. The van der Waals surface area contributed by atoms with E-state index in [2.05, 4.69) is 16.8 Å². The van der Waals surface area contributed by atoms with Crippen LogP contribution in [-0.2, 0) is 16.0 Å². The standard InChI is InChI=1S/C15H23NO3S/c1-2-7-13(15(18)19)16-14(17)10-5-3-4-8-12-9-6-11-20-12/h6,9,11,13H,2-5,7-8,10H2,1H3,(H,16,17)(H,18,19). The number of aliphatic carboxylic acids is 1. The number of thiophene rings is 1. The number of amides is 1. The van der Waals surface area contributed by atoms with E-state index in [1.54, 1.807) is 11.3 Å². The van der Waals surface area contributed by atoms with Crippen LogP contribution in [0.4, 0.5) is 0 Å². The number of hydrogen-bond acceptors (Lipinski definition) is 3. The van der Waals surface area contributed by atoms with Gasteiger partial charge in [-0.2, -0.15) is 0 Å². The highest BCUT2D eigenvalue weighted by Gasteiger charge is 2.18.